The van der Waals surface area contributed by atoms with Crippen LogP contribution >= 0.6 is 0 Å². The highest BCUT2D eigenvalue weighted by molar-refractivity contribution is 4.92. The molecule has 0 aliphatic carbocycles. The van der Waals surface area contributed by atoms with Crippen LogP contribution in [0.25, 0.3) is 0 Å². The van der Waals surface area contributed by atoms with Gasteiger partial charge in [-0.1, -0.05) is 20.3 Å². The lowest BCUT2D eigenvalue weighted by atomic mass is 10.00. The number of hydrogen-bond donors (Lipinski definition) is 1. The van der Waals surface area contributed by atoms with Crippen LogP contribution < -0.4 is 5.48 Å². The van der Waals surface area contributed by atoms with Crippen molar-refractivity contribution in [3.8, 4) is 0 Å². The molecule has 0 aromatic rings. The fourth-order valence-corrected chi connectivity index (χ4v) is 2.71. The molecule has 2 rings (SSSR count). The molecule has 2 atom stereocenters. The largest absolute Gasteiger partial charge is 0.301 e. The number of rotatable bonds is 4. The summed E-state index contributed by atoms with van der Waals surface area (Å²) in [6.45, 7) is 7.75. The molecule has 0 amide bonds. The van der Waals surface area contributed by atoms with E-state index in [2.05, 4.69) is 24.2 Å². The zero-order chi connectivity index (χ0) is 10.7. The minimum absolute atomic E-state index is 0.573. The van der Waals surface area contributed by atoms with Gasteiger partial charge in [0.25, 0.3) is 0 Å². The summed E-state index contributed by atoms with van der Waals surface area (Å²) in [5, 5.41) is 0. The van der Waals surface area contributed by atoms with Gasteiger partial charge in [-0.15, -0.1) is 0 Å². The molecule has 0 bridgehead atoms. The van der Waals surface area contributed by atoms with Crippen LogP contribution in [0.2, 0.25) is 0 Å². The fourth-order valence-electron chi connectivity index (χ4n) is 2.71. The van der Waals surface area contributed by atoms with Gasteiger partial charge >= 0.3 is 0 Å². The molecule has 2 saturated heterocycles. The lowest BCUT2D eigenvalue weighted by Crippen LogP contribution is -2.45. The summed E-state index contributed by atoms with van der Waals surface area (Å²) in [4.78, 5) is 8.18. The van der Waals surface area contributed by atoms with Crippen LogP contribution in [-0.4, -0.2) is 36.7 Å². The maximum atomic E-state index is 5.55. The molecular formula is C12H24N2O. The Morgan fingerprint density at radius 3 is 2.93 bits per heavy atom. The first-order valence-electron chi connectivity index (χ1n) is 6.38. The van der Waals surface area contributed by atoms with Gasteiger partial charge in [0, 0.05) is 18.6 Å². The third-order valence-corrected chi connectivity index (χ3v) is 3.51. The number of piperidine rings is 1. The fraction of sp³-hybridized carbons (Fsp3) is 1.00. The molecule has 2 unspecified atom stereocenters. The van der Waals surface area contributed by atoms with Gasteiger partial charge in [-0.25, -0.2) is 0 Å². The highest BCUT2D eigenvalue weighted by Crippen LogP contribution is 2.26. The molecule has 1 N–H and O–H groups in total. The molecule has 0 aromatic heterocycles. The molecule has 0 aromatic carbocycles. The normalized spacial score (nSPS) is 32.2. The number of nitrogens with one attached hydrogen (secondary N) is 1. The zero-order valence-electron chi connectivity index (χ0n) is 10.0. The van der Waals surface area contributed by atoms with E-state index in [1.165, 1.54) is 38.8 Å². The second-order valence-electron chi connectivity index (χ2n) is 5.32. The van der Waals surface area contributed by atoms with E-state index >= 15 is 0 Å². The molecule has 2 fully saturated rings. The quantitative estimate of drug-likeness (QED) is 0.719. The molecule has 0 radical (unpaired) electrons. The van der Waals surface area contributed by atoms with Crippen molar-refractivity contribution in [2.45, 2.75) is 51.6 Å². The molecule has 3 heteroatoms. The maximum Gasteiger partial charge on any atom is 0.0705 e. The Hall–Kier alpha value is -0.120. The summed E-state index contributed by atoms with van der Waals surface area (Å²) in [5.74, 6) is 0.612. The van der Waals surface area contributed by atoms with E-state index in [0.29, 0.717) is 12.0 Å². The van der Waals surface area contributed by atoms with E-state index in [9.17, 15) is 0 Å². The molecule has 3 nitrogen and oxygen atoms in total. The second kappa shape index (κ2) is 5.28. The molecule has 2 aliphatic heterocycles. The minimum Gasteiger partial charge on any atom is -0.301 e. The molecule has 0 saturated carbocycles. The minimum atomic E-state index is 0.573. The average molecular weight is 212 g/mol. The van der Waals surface area contributed by atoms with Crippen LogP contribution in [-0.2, 0) is 4.84 Å². The molecule has 2 heterocycles. The van der Waals surface area contributed by atoms with Gasteiger partial charge in [-0.3, -0.25) is 4.90 Å². The van der Waals surface area contributed by atoms with Gasteiger partial charge in [0.05, 0.1) is 6.61 Å². The molecule has 15 heavy (non-hydrogen) atoms. The van der Waals surface area contributed by atoms with E-state index in [-0.39, 0.29) is 0 Å². The summed E-state index contributed by atoms with van der Waals surface area (Å²) in [7, 11) is 0. The molecule has 2 aliphatic rings. The molecular weight excluding hydrogens is 188 g/mol. The maximum absolute atomic E-state index is 5.55. The monoisotopic (exact) mass is 212 g/mol. The molecule has 88 valence electrons. The van der Waals surface area contributed by atoms with Gasteiger partial charge in [0.15, 0.2) is 0 Å². The number of nitrogens with zero attached hydrogens (tertiary/aromatic N) is 1. The van der Waals surface area contributed by atoms with Gasteiger partial charge in [-0.2, -0.15) is 5.48 Å². The zero-order valence-corrected chi connectivity index (χ0v) is 10.0. The Bertz CT molecular complexity index is 196. The lowest BCUT2D eigenvalue weighted by molar-refractivity contribution is -0.0100. The predicted octanol–water partition coefficient (Wildman–Crippen LogP) is 1.79. The van der Waals surface area contributed by atoms with Crippen molar-refractivity contribution >= 4 is 0 Å². The van der Waals surface area contributed by atoms with E-state index < -0.39 is 0 Å². The second-order valence-corrected chi connectivity index (χ2v) is 5.32. The number of hydrogen-bond acceptors (Lipinski definition) is 3. The summed E-state index contributed by atoms with van der Waals surface area (Å²) >= 11 is 0. The van der Waals surface area contributed by atoms with Crippen molar-refractivity contribution < 1.29 is 4.84 Å². The molecule has 0 spiro atoms. The Balaban J connectivity index is 1.73. The Kier molecular flexibility index (Phi) is 4.00. The van der Waals surface area contributed by atoms with Crippen molar-refractivity contribution in [1.82, 2.24) is 10.4 Å². The van der Waals surface area contributed by atoms with Crippen molar-refractivity contribution in [1.29, 1.82) is 0 Å². The first-order valence-corrected chi connectivity index (χ1v) is 6.38. The van der Waals surface area contributed by atoms with Gasteiger partial charge in [-0.05, 0) is 31.7 Å². The van der Waals surface area contributed by atoms with E-state index in [0.717, 1.165) is 12.6 Å². The Labute approximate surface area is 93.1 Å². The van der Waals surface area contributed by atoms with E-state index in [1.807, 2.05) is 0 Å². The lowest BCUT2D eigenvalue weighted by Gasteiger charge is -2.32. The SMILES string of the molecule is CC(C)CONC1CCN2CCCCC12. The summed E-state index contributed by atoms with van der Waals surface area (Å²) in [6, 6.07) is 1.31. The van der Waals surface area contributed by atoms with Crippen molar-refractivity contribution in [2.24, 2.45) is 5.92 Å². The van der Waals surface area contributed by atoms with Crippen LogP contribution in [0.5, 0.6) is 0 Å². The Morgan fingerprint density at radius 1 is 1.27 bits per heavy atom. The topological polar surface area (TPSA) is 24.5 Å². The summed E-state index contributed by atoms with van der Waals surface area (Å²) in [5.41, 5.74) is 3.27. The Morgan fingerprint density at radius 2 is 2.13 bits per heavy atom. The van der Waals surface area contributed by atoms with Crippen molar-refractivity contribution in [2.75, 3.05) is 19.7 Å². The predicted molar refractivity (Wildman–Crippen MR) is 61.5 cm³/mol. The van der Waals surface area contributed by atoms with E-state index in [4.69, 9.17) is 4.84 Å². The van der Waals surface area contributed by atoms with Crippen LogP contribution in [0.15, 0.2) is 0 Å². The number of hydroxylamine groups is 1. The highest BCUT2D eigenvalue weighted by atomic mass is 16.6. The van der Waals surface area contributed by atoms with Crippen LogP contribution in [0.4, 0.5) is 0 Å². The standard InChI is InChI=1S/C12H24N2O/c1-10(2)9-15-13-11-6-8-14-7-4-3-5-12(11)14/h10-13H,3-9H2,1-2H3. The third-order valence-electron chi connectivity index (χ3n) is 3.51. The van der Waals surface area contributed by atoms with Gasteiger partial charge in [0.2, 0.25) is 0 Å². The third kappa shape index (κ3) is 2.92. The van der Waals surface area contributed by atoms with Crippen LogP contribution in [0, 0.1) is 5.92 Å². The first-order chi connectivity index (χ1) is 7.27. The van der Waals surface area contributed by atoms with Gasteiger partial charge in [0.1, 0.15) is 0 Å². The highest BCUT2D eigenvalue weighted by Gasteiger charge is 2.35. The summed E-state index contributed by atoms with van der Waals surface area (Å²) in [6.07, 6.45) is 5.38. The first kappa shape index (κ1) is 11.4. The smallest absolute Gasteiger partial charge is 0.0705 e. The number of fused-ring (bicyclic) bond motifs is 1. The summed E-state index contributed by atoms with van der Waals surface area (Å²) < 4.78 is 0. The van der Waals surface area contributed by atoms with Crippen LogP contribution in [0.1, 0.15) is 39.5 Å². The van der Waals surface area contributed by atoms with Crippen molar-refractivity contribution in [3.63, 3.8) is 0 Å². The van der Waals surface area contributed by atoms with Crippen LogP contribution in [0.3, 0.4) is 0 Å². The van der Waals surface area contributed by atoms with E-state index in [1.54, 1.807) is 0 Å². The van der Waals surface area contributed by atoms with Gasteiger partial charge < -0.3 is 4.84 Å². The van der Waals surface area contributed by atoms with Crippen molar-refractivity contribution in [3.05, 3.63) is 0 Å². The average Bonchev–Trinajstić information content (AvgIpc) is 2.62.